The third-order valence-corrected chi connectivity index (χ3v) is 7.38. The number of furan rings is 1. The Kier molecular flexibility index (Phi) is 4.81. The zero-order chi connectivity index (χ0) is 25.9. The number of halogens is 1. The number of nitrogens with zero attached hydrogens (tertiary/aromatic N) is 4. The highest BCUT2D eigenvalue weighted by molar-refractivity contribution is 6.28. The first kappa shape index (κ1) is 22.0. The number of benzene rings is 5. The Balaban J connectivity index is 1.37. The van der Waals surface area contributed by atoms with Crippen LogP contribution in [0.3, 0.4) is 0 Å². The smallest absolute Gasteiger partial charge is 0.239 e. The number of hydrogen-bond acceptors (Lipinski definition) is 4. The Hall–Kier alpha value is -5.00. The fraction of sp³-hybridized carbons (Fsp3) is 0. The van der Waals surface area contributed by atoms with Crippen LogP contribution in [0.15, 0.2) is 120 Å². The van der Waals surface area contributed by atoms with Crippen molar-refractivity contribution in [2.24, 2.45) is 0 Å². The number of aromatic nitrogens is 4. The van der Waals surface area contributed by atoms with Crippen LogP contribution in [0.25, 0.3) is 72.2 Å². The van der Waals surface area contributed by atoms with Crippen LogP contribution in [0.2, 0.25) is 5.28 Å². The van der Waals surface area contributed by atoms with Gasteiger partial charge in [-0.15, -0.1) is 0 Å². The van der Waals surface area contributed by atoms with Gasteiger partial charge in [-0.3, -0.25) is 4.57 Å². The summed E-state index contributed by atoms with van der Waals surface area (Å²) >= 11 is 6.53. The Morgan fingerprint density at radius 3 is 2.21 bits per heavy atom. The average Bonchev–Trinajstić information content (AvgIpc) is 3.52. The largest absolute Gasteiger partial charge is 0.456 e. The van der Waals surface area contributed by atoms with Gasteiger partial charge in [0.05, 0.1) is 11.0 Å². The highest BCUT2D eigenvalue weighted by Gasteiger charge is 2.19. The first-order valence-electron chi connectivity index (χ1n) is 12.7. The standard InChI is InChI=1S/C33H19ClN4O/c34-32-35-31(21-17-18-24-23-11-5-7-16-28(23)39-29(24)19-21)36-33(37-32)38-26-14-6-4-12-25(26)30-22(13-8-15-27(30)38)20-9-2-1-3-10-20/h1-19H. The van der Waals surface area contributed by atoms with E-state index in [1.807, 2.05) is 48.5 Å². The summed E-state index contributed by atoms with van der Waals surface area (Å²) in [5.74, 6) is 0.948. The molecule has 0 saturated heterocycles. The van der Waals surface area contributed by atoms with E-state index in [1.165, 1.54) is 0 Å². The molecule has 184 valence electrons. The van der Waals surface area contributed by atoms with Crippen molar-refractivity contribution in [3.63, 3.8) is 0 Å². The summed E-state index contributed by atoms with van der Waals surface area (Å²) in [6.45, 7) is 0. The lowest BCUT2D eigenvalue weighted by Gasteiger charge is -2.09. The van der Waals surface area contributed by atoms with Gasteiger partial charge in [0.1, 0.15) is 11.2 Å². The van der Waals surface area contributed by atoms with E-state index in [0.29, 0.717) is 11.8 Å². The molecule has 0 atom stereocenters. The van der Waals surface area contributed by atoms with E-state index >= 15 is 0 Å². The maximum Gasteiger partial charge on any atom is 0.239 e. The molecule has 0 aliphatic heterocycles. The normalized spacial score (nSPS) is 11.7. The molecular formula is C33H19ClN4O. The van der Waals surface area contributed by atoms with Crippen molar-refractivity contribution in [3.05, 3.63) is 121 Å². The van der Waals surface area contributed by atoms with Crippen LogP contribution in [-0.4, -0.2) is 19.5 Å². The number of fused-ring (bicyclic) bond motifs is 6. The molecule has 3 aromatic heterocycles. The van der Waals surface area contributed by atoms with E-state index < -0.39 is 0 Å². The second kappa shape index (κ2) is 8.51. The van der Waals surface area contributed by atoms with Gasteiger partial charge >= 0.3 is 0 Å². The Morgan fingerprint density at radius 1 is 0.564 bits per heavy atom. The first-order valence-corrected chi connectivity index (χ1v) is 13.0. The molecule has 3 heterocycles. The number of para-hydroxylation sites is 2. The van der Waals surface area contributed by atoms with Crippen molar-refractivity contribution < 1.29 is 4.42 Å². The topological polar surface area (TPSA) is 56.7 Å². The maximum atomic E-state index is 6.53. The lowest BCUT2D eigenvalue weighted by atomic mass is 9.99. The molecule has 39 heavy (non-hydrogen) atoms. The second-order valence-electron chi connectivity index (χ2n) is 9.46. The molecular weight excluding hydrogens is 504 g/mol. The summed E-state index contributed by atoms with van der Waals surface area (Å²) in [6.07, 6.45) is 0. The Labute approximate surface area is 228 Å². The monoisotopic (exact) mass is 522 g/mol. The van der Waals surface area contributed by atoms with Gasteiger partial charge in [-0.25, -0.2) is 0 Å². The third-order valence-electron chi connectivity index (χ3n) is 7.22. The molecule has 0 saturated carbocycles. The fourth-order valence-corrected chi connectivity index (χ4v) is 5.68. The average molecular weight is 523 g/mol. The predicted octanol–water partition coefficient (Wildman–Crippen LogP) is 8.86. The van der Waals surface area contributed by atoms with Crippen LogP contribution in [0.5, 0.6) is 0 Å². The number of hydrogen-bond donors (Lipinski definition) is 0. The van der Waals surface area contributed by atoms with Crippen molar-refractivity contribution in [3.8, 4) is 28.5 Å². The summed E-state index contributed by atoms with van der Waals surface area (Å²) in [5, 5.41) is 4.51. The molecule has 0 fully saturated rings. The lowest BCUT2D eigenvalue weighted by molar-refractivity contribution is 0.669. The summed E-state index contributed by atoms with van der Waals surface area (Å²) in [4.78, 5) is 14.0. The van der Waals surface area contributed by atoms with Crippen molar-refractivity contribution in [1.29, 1.82) is 0 Å². The van der Waals surface area contributed by atoms with Crippen LogP contribution in [0.4, 0.5) is 0 Å². The zero-order valence-electron chi connectivity index (χ0n) is 20.5. The van der Waals surface area contributed by atoms with Gasteiger partial charge in [0, 0.05) is 27.1 Å². The third kappa shape index (κ3) is 3.44. The minimum absolute atomic E-state index is 0.129. The molecule has 0 bridgehead atoms. The van der Waals surface area contributed by atoms with Crippen LogP contribution in [-0.2, 0) is 0 Å². The number of rotatable bonds is 3. The molecule has 0 unspecified atom stereocenters. The Bertz CT molecular complexity index is 2200. The van der Waals surface area contributed by atoms with E-state index in [9.17, 15) is 0 Å². The summed E-state index contributed by atoms with van der Waals surface area (Å²) in [6, 6.07) is 39.1. The molecule has 0 spiro atoms. The molecule has 0 radical (unpaired) electrons. The van der Waals surface area contributed by atoms with E-state index in [2.05, 4.69) is 81.3 Å². The van der Waals surface area contributed by atoms with Gasteiger partial charge in [-0.05, 0) is 53.1 Å². The molecule has 0 aliphatic carbocycles. The SMILES string of the molecule is Clc1nc(-c2ccc3c(c2)oc2ccccc23)nc(-n2c3ccccc3c3c(-c4ccccc4)cccc32)n1. The van der Waals surface area contributed by atoms with E-state index in [-0.39, 0.29) is 5.28 Å². The lowest BCUT2D eigenvalue weighted by Crippen LogP contribution is -2.04. The zero-order valence-corrected chi connectivity index (χ0v) is 21.3. The highest BCUT2D eigenvalue weighted by atomic mass is 35.5. The second-order valence-corrected chi connectivity index (χ2v) is 9.79. The molecule has 0 N–H and O–H groups in total. The van der Waals surface area contributed by atoms with Gasteiger partial charge in [0.25, 0.3) is 0 Å². The maximum absolute atomic E-state index is 6.53. The predicted molar refractivity (Wildman–Crippen MR) is 157 cm³/mol. The van der Waals surface area contributed by atoms with E-state index in [4.69, 9.17) is 21.0 Å². The van der Waals surface area contributed by atoms with E-state index in [1.54, 1.807) is 0 Å². The minimum Gasteiger partial charge on any atom is -0.456 e. The van der Waals surface area contributed by atoms with Gasteiger partial charge in [-0.2, -0.15) is 15.0 Å². The fourth-order valence-electron chi connectivity index (χ4n) is 5.53. The summed E-state index contributed by atoms with van der Waals surface area (Å²) in [7, 11) is 0. The molecule has 8 aromatic rings. The van der Waals surface area contributed by atoms with Crippen LogP contribution >= 0.6 is 11.6 Å². The molecule has 6 heteroatoms. The molecule has 5 aromatic carbocycles. The first-order chi connectivity index (χ1) is 19.2. The van der Waals surface area contributed by atoms with Crippen molar-refractivity contribution in [2.75, 3.05) is 0 Å². The molecule has 5 nitrogen and oxygen atoms in total. The summed E-state index contributed by atoms with van der Waals surface area (Å²) in [5.41, 5.74) is 6.72. The Morgan fingerprint density at radius 2 is 1.31 bits per heavy atom. The van der Waals surface area contributed by atoms with Crippen LogP contribution in [0.1, 0.15) is 0 Å². The van der Waals surface area contributed by atoms with Gasteiger partial charge in [-0.1, -0.05) is 84.9 Å². The van der Waals surface area contributed by atoms with Gasteiger partial charge < -0.3 is 4.42 Å². The van der Waals surface area contributed by atoms with Crippen LogP contribution < -0.4 is 0 Å². The quantitative estimate of drug-likeness (QED) is 0.232. The minimum atomic E-state index is 0.129. The molecule has 0 aliphatic rings. The van der Waals surface area contributed by atoms with Crippen molar-refractivity contribution in [2.45, 2.75) is 0 Å². The highest BCUT2D eigenvalue weighted by Crippen LogP contribution is 2.38. The van der Waals surface area contributed by atoms with Gasteiger partial charge in [0.15, 0.2) is 5.82 Å². The van der Waals surface area contributed by atoms with Crippen molar-refractivity contribution in [1.82, 2.24) is 19.5 Å². The van der Waals surface area contributed by atoms with Crippen molar-refractivity contribution >= 4 is 55.3 Å². The molecule has 0 amide bonds. The van der Waals surface area contributed by atoms with Crippen LogP contribution in [0, 0.1) is 0 Å². The van der Waals surface area contributed by atoms with Gasteiger partial charge in [0.2, 0.25) is 11.2 Å². The summed E-state index contributed by atoms with van der Waals surface area (Å²) < 4.78 is 8.17. The molecule has 8 rings (SSSR count). The van der Waals surface area contributed by atoms with E-state index in [0.717, 1.165) is 60.4 Å².